The van der Waals surface area contributed by atoms with E-state index in [1.165, 1.54) is 0 Å². The van der Waals surface area contributed by atoms with E-state index in [0.717, 1.165) is 79.9 Å². The van der Waals surface area contributed by atoms with Gasteiger partial charge in [-0.2, -0.15) is 5.10 Å². The van der Waals surface area contributed by atoms with E-state index in [1.807, 2.05) is 4.68 Å². The molecule has 8 nitrogen and oxygen atoms in total. The van der Waals surface area contributed by atoms with Crippen LogP contribution in [0.25, 0.3) is 22.2 Å². The Hall–Kier alpha value is -2.97. The van der Waals surface area contributed by atoms with Crippen LogP contribution in [0.3, 0.4) is 0 Å². The van der Waals surface area contributed by atoms with E-state index in [-0.39, 0.29) is 23.8 Å². The van der Waals surface area contributed by atoms with Gasteiger partial charge in [-0.15, -0.1) is 0 Å². The molecule has 1 aliphatic heterocycles. The van der Waals surface area contributed by atoms with Crippen molar-refractivity contribution in [1.29, 1.82) is 0 Å². The number of nitrogens with zero attached hydrogens (tertiary/aromatic N) is 4. The number of hydrogen-bond acceptors (Lipinski definition) is 6. The molecule has 2 aromatic heterocycles. The summed E-state index contributed by atoms with van der Waals surface area (Å²) >= 11 is 0. The minimum Gasteiger partial charge on any atom is -0.477 e. The van der Waals surface area contributed by atoms with Crippen molar-refractivity contribution < 1.29 is 19.4 Å². The van der Waals surface area contributed by atoms with Crippen molar-refractivity contribution in [2.75, 3.05) is 38.3 Å². The molecule has 186 valence electrons. The lowest BCUT2D eigenvalue weighted by Crippen LogP contribution is -2.36. The predicted octanol–water partition coefficient (Wildman–Crippen LogP) is 4.89. The lowest BCUT2D eigenvalue weighted by atomic mass is 9.93. The summed E-state index contributed by atoms with van der Waals surface area (Å²) in [5, 5.41) is 15.9. The van der Waals surface area contributed by atoms with Crippen molar-refractivity contribution in [3.05, 3.63) is 41.7 Å². The van der Waals surface area contributed by atoms with E-state index in [0.29, 0.717) is 5.65 Å². The summed E-state index contributed by atoms with van der Waals surface area (Å²) in [6, 6.07) is 10.2. The van der Waals surface area contributed by atoms with Gasteiger partial charge in [-0.25, -0.2) is 14.5 Å². The molecule has 35 heavy (non-hydrogen) atoms. The number of fused-ring (bicyclic) bond motifs is 1. The maximum absolute atomic E-state index is 12.1. The average molecular weight is 479 g/mol. The number of aromatic nitrogens is 3. The summed E-state index contributed by atoms with van der Waals surface area (Å²) in [6.45, 7) is 7.46. The maximum Gasteiger partial charge on any atom is 0.354 e. The summed E-state index contributed by atoms with van der Waals surface area (Å²) in [5.41, 5.74) is 4.64. The van der Waals surface area contributed by atoms with Crippen LogP contribution in [-0.4, -0.2) is 65.4 Å². The molecule has 1 saturated heterocycles. The number of carboxylic acids is 1. The fourth-order valence-corrected chi connectivity index (χ4v) is 5.39. The fourth-order valence-electron chi connectivity index (χ4n) is 5.39. The van der Waals surface area contributed by atoms with E-state index >= 15 is 0 Å². The number of ether oxygens (including phenoxy) is 2. The van der Waals surface area contributed by atoms with Gasteiger partial charge in [0.15, 0.2) is 11.3 Å². The molecule has 0 bridgehead atoms. The molecule has 0 spiro atoms. The second-order valence-corrected chi connectivity index (χ2v) is 9.87. The van der Waals surface area contributed by atoms with Crippen molar-refractivity contribution in [2.45, 2.75) is 57.6 Å². The van der Waals surface area contributed by atoms with Gasteiger partial charge >= 0.3 is 5.97 Å². The van der Waals surface area contributed by atoms with Crippen molar-refractivity contribution in [2.24, 2.45) is 0 Å². The number of hydrogen-bond donors (Lipinski definition) is 1. The Morgan fingerprint density at radius 2 is 1.91 bits per heavy atom. The summed E-state index contributed by atoms with van der Waals surface area (Å²) < 4.78 is 13.1. The van der Waals surface area contributed by atoms with E-state index in [1.54, 1.807) is 13.2 Å². The molecule has 3 aromatic rings. The molecule has 1 N–H and O–H groups in total. The van der Waals surface area contributed by atoms with Gasteiger partial charge in [-0.1, -0.05) is 26.0 Å². The molecule has 2 atom stereocenters. The molecule has 1 aliphatic carbocycles. The SMILES string of the molecule is CO[C@@H]1CCC[C@@H](n2nc(C(C)C)c3c(-c4ccc(N5CCOCC5)cc4)cc(C(=O)O)nc32)C1. The van der Waals surface area contributed by atoms with E-state index < -0.39 is 5.97 Å². The van der Waals surface area contributed by atoms with Gasteiger partial charge in [0.25, 0.3) is 0 Å². The highest BCUT2D eigenvalue weighted by molar-refractivity contribution is 6.00. The number of morpholine rings is 1. The smallest absolute Gasteiger partial charge is 0.354 e. The first-order chi connectivity index (χ1) is 17.0. The van der Waals surface area contributed by atoms with Crippen LogP contribution >= 0.6 is 0 Å². The lowest BCUT2D eigenvalue weighted by molar-refractivity contribution is 0.0514. The van der Waals surface area contributed by atoms with Crippen LogP contribution in [0.4, 0.5) is 5.69 Å². The molecule has 1 aromatic carbocycles. The number of benzene rings is 1. The van der Waals surface area contributed by atoms with Gasteiger partial charge in [0.1, 0.15) is 0 Å². The highest BCUT2D eigenvalue weighted by Gasteiger charge is 2.29. The largest absolute Gasteiger partial charge is 0.477 e. The van der Waals surface area contributed by atoms with Gasteiger partial charge in [0.2, 0.25) is 0 Å². The Kier molecular flexibility index (Phi) is 6.75. The number of anilines is 1. The molecule has 8 heteroatoms. The minimum absolute atomic E-state index is 0.0420. The highest BCUT2D eigenvalue weighted by Crippen LogP contribution is 2.39. The van der Waals surface area contributed by atoms with E-state index in [9.17, 15) is 9.90 Å². The third kappa shape index (κ3) is 4.65. The molecule has 0 unspecified atom stereocenters. The number of rotatable bonds is 6. The van der Waals surface area contributed by atoms with E-state index in [2.05, 4.69) is 48.0 Å². The first-order valence-electron chi connectivity index (χ1n) is 12.6. The number of methoxy groups -OCH3 is 1. The van der Waals surface area contributed by atoms with Crippen LogP contribution in [0.5, 0.6) is 0 Å². The Morgan fingerprint density at radius 3 is 2.57 bits per heavy atom. The average Bonchev–Trinajstić information content (AvgIpc) is 3.29. The molecule has 2 fully saturated rings. The zero-order valence-electron chi connectivity index (χ0n) is 20.7. The second-order valence-electron chi connectivity index (χ2n) is 9.87. The zero-order valence-corrected chi connectivity index (χ0v) is 20.7. The van der Waals surface area contributed by atoms with Crippen molar-refractivity contribution in [3.63, 3.8) is 0 Å². The Morgan fingerprint density at radius 1 is 1.17 bits per heavy atom. The third-order valence-corrected chi connectivity index (χ3v) is 7.29. The van der Waals surface area contributed by atoms with Crippen molar-refractivity contribution in [3.8, 4) is 11.1 Å². The van der Waals surface area contributed by atoms with Gasteiger partial charge in [0, 0.05) is 25.9 Å². The monoisotopic (exact) mass is 478 g/mol. The van der Waals surface area contributed by atoms with Gasteiger partial charge in [-0.3, -0.25) is 0 Å². The van der Waals surface area contributed by atoms with Gasteiger partial charge < -0.3 is 19.5 Å². The Bertz CT molecular complexity index is 1200. The van der Waals surface area contributed by atoms with Crippen molar-refractivity contribution in [1.82, 2.24) is 14.8 Å². The minimum atomic E-state index is -1.03. The lowest BCUT2D eigenvalue weighted by Gasteiger charge is -2.29. The Labute approximate surface area is 205 Å². The molecule has 3 heterocycles. The molecule has 0 amide bonds. The second kappa shape index (κ2) is 9.95. The number of carbonyl (C=O) groups is 1. The van der Waals surface area contributed by atoms with Crippen LogP contribution in [0, 0.1) is 0 Å². The highest BCUT2D eigenvalue weighted by atomic mass is 16.5. The van der Waals surface area contributed by atoms with Crippen LogP contribution < -0.4 is 4.90 Å². The van der Waals surface area contributed by atoms with Gasteiger partial charge in [-0.05, 0) is 60.9 Å². The van der Waals surface area contributed by atoms with Crippen LogP contribution in [0.1, 0.15) is 67.7 Å². The number of pyridine rings is 1. The summed E-state index contributed by atoms with van der Waals surface area (Å²) in [7, 11) is 1.76. The standard InChI is InChI=1S/C27H34N4O4/c1-17(2)25-24-22(18-7-9-19(10-8-18)30-11-13-35-14-12-30)16-23(27(32)33)28-26(24)31(29-25)20-5-4-6-21(15-20)34-3/h7-10,16-17,20-21H,4-6,11-15H2,1-3H3,(H,32,33)/t20-,21-/m1/s1. The Balaban J connectivity index is 1.64. The van der Waals surface area contributed by atoms with Crippen molar-refractivity contribution >= 4 is 22.7 Å². The molecular formula is C27H34N4O4. The van der Waals surface area contributed by atoms with Crippen LogP contribution in [-0.2, 0) is 9.47 Å². The molecule has 0 radical (unpaired) electrons. The molecule has 5 rings (SSSR count). The molecule has 1 saturated carbocycles. The van der Waals surface area contributed by atoms with Crippen LogP contribution in [0.2, 0.25) is 0 Å². The third-order valence-electron chi connectivity index (χ3n) is 7.29. The van der Waals surface area contributed by atoms with Gasteiger partial charge in [0.05, 0.1) is 36.4 Å². The summed E-state index contributed by atoms with van der Waals surface area (Å²) in [4.78, 5) is 19.0. The first kappa shape index (κ1) is 23.8. The van der Waals surface area contributed by atoms with Crippen LogP contribution in [0.15, 0.2) is 30.3 Å². The zero-order chi connectivity index (χ0) is 24.5. The number of aromatic carboxylic acids is 1. The normalized spacial score (nSPS) is 21.1. The van der Waals surface area contributed by atoms with E-state index in [4.69, 9.17) is 14.6 Å². The quantitative estimate of drug-likeness (QED) is 0.540. The summed E-state index contributed by atoms with van der Waals surface area (Å²) in [6.07, 6.45) is 4.11. The number of carboxylic acid groups (broad SMARTS) is 1. The molecular weight excluding hydrogens is 444 g/mol. The predicted molar refractivity (Wildman–Crippen MR) is 135 cm³/mol. The fraction of sp³-hybridized carbons (Fsp3) is 0.519. The first-order valence-corrected chi connectivity index (χ1v) is 12.6. The maximum atomic E-state index is 12.1. The topological polar surface area (TPSA) is 89.7 Å². The summed E-state index contributed by atoms with van der Waals surface area (Å²) in [5.74, 6) is -0.861. The molecule has 2 aliphatic rings.